The van der Waals surface area contributed by atoms with E-state index in [4.69, 9.17) is 44.4 Å². The fraction of sp³-hybridized carbons (Fsp3) is 0.292. The second-order valence-electron chi connectivity index (χ2n) is 15.7. The van der Waals surface area contributed by atoms with Gasteiger partial charge in [-0.2, -0.15) is 0 Å². The predicted octanol–water partition coefficient (Wildman–Crippen LogP) is 6.13. The highest BCUT2D eigenvalue weighted by Crippen LogP contribution is 2.41. The summed E-state index contributed by atoms with van der Waals surface area (Å²) in [5.74, 6) is 1.19. The molecule has 9 rings (SSSR count). The molecule has 5 aromatic rings. The van der Waals surface area contributed by atoms with Gasteiger partial charge in [0.15, 0.2) is 23.0 Å². The van der Waals surface area contributed by atoms with Crippen LogP contribution < -0.4 is 30.0 Å². The molecule has 1 unspecified atom stereocenters. The van der Waals surface area contributed by atoms with Gasteiger partial charge in [0, 0.05) is 49.9 Å². The van der Waals surface area contributed by atoms with Crippen molar-refractivity contribution in [2.75, 3.05) is 39.3 Å². The van der Waals surface area contributed by atoms with Gasteiger partial charge in [-0.3, -0.25) is 29.4 Å². The minimum atomic E-state index is -0.260. The number of aromatic nitrogens is 1. The summed E-state index contributed by atoms with van der Waals surface area (Å²) in [5, 5.41) is 2.93. The summed E-state index contributed by atoms with van der Waals surface area (Å²) in [6.45, 7) is 2.18. The molecule has 4 aliphatic rings. The fourth-order valence-electron chi connectivity index (χ4n) is 8.35. The van der Waals surface area contributed by atoms with E-state index in [2.05, 4.69) is 17.4 Å². The van der Waals surface area contributed by atoms with Crippen molar-refractivity contribution in [1.82, 2.24) is 14.8 Å². The van der Waals surface area contributed by atoms with Crippen LogP contribution in [0, 0.1) is 0 Å². The lowest BCUT2D eigenvalue weighted by Gasteiger charge is -2.34. The van der Waals surface area contributed by atoms with Crippen molar-refractivity contribution in [2.45, 2.75) is 57.6 Å². The number of nitrogens with two attached hydrogens (primary N) is 1. The largest absolute Gasteiger partial charge is 0.493 e. The van der Waals surface area contributed by atoms with E-state index in [1.165, 1.54) is 12.7 Å². The Kier molecular flexibility index (Phi) is 11.8. The summed E-state index contributed by atoms with van der Waals surface area (Å²) in [5.41, 5.74) is 13.6. The van der Waals surface area contributed by atoms with Gasteiger partial charge in [0.1, 0.15) is 13.2 Å². The van der Waals surface area contributed by atoms with Crippen LogP contribution in [0.25, 0.3) is 0 Å². The summed E-state index contributed by atoms with van der Waals surface area (Å²) in [4.78, 5) is 58.3. The zero-order chi connectivity index (χ0) is 43.5. The SMILES string of the molecule is COc1cc2c(cc1OCc1cccc(COc3cc4c(cc3OC)C(=O)N3Cc5ccccc5C[C@H]3C=N4)n1)N=CC1Cc3ccc(NC(=O)CCOCCN)cc3CN1C2=O. The van der Waals surface area contributed by atoms with Gasteiger partial charge in [0.2, 0.25) is 5.91 Å². The maximum atomic E-state index is 14.1. The highest BCUT2D eigenvalue weighted by atomic mass is 16.5. The third-order valence-corrected chi connectivity index (χ3v) is 11.6. The normalized spacial score (nSPS) is 16.9. The number of nitrogens with zero attached hydrogens (tertiary/aromatic N) is 5. The molecule has 322 valence electrons. The number of nitrogens with one attached hydrogen (secondary N) is 1. The molecule has 3 N–H and O–H groups in total. The molecule has 15 nitrogen and oxygen atoms in total. The summed E-state index contributed by atoms with van der Waals surface area (Å²) in [7, 11) is 3.07. The molecule has 0 fully saturated rings. The smallest absolute Gasteiger partial charge is 0.257 e. The number of pyridine rings is 1. The molecule has 0 bridgehead atoms. The molecule has 4 aromatic carbocycles. The first kappa shape index (κ1) is 41.3. The summed E-state index contributed by atoms with van der Waals surface area (Å²) in [6, 6.07) is 25.9. The van der Waals surface area contributed by atoms with Crippen LogP contribution in [0.1, 0.15) is 60.8 Å². The van der Waals surface area contributed by atoms with Crippen molar-refractivity contribution in [2.24, 2.45) is 15.7 Å². The average molecular weight is 850 g/mol. The van der Waals surface area contributed by atoms with Gasteiger partial charge in [0.25, 0.3) is 11.8 Å². The lowest BCUT2D eigenvalue weighted by Crippen LogP contribution is -2.44. The molecule has 63 heavy (non-hydrogen) atoms. The van der Waals surface area contributed by atoms with Gasteiger partial charge in [0.05, 0.1) is 79.8 Å². The molecule has 3 amide bonds. The Morgan fingerprint density at radius 2 is 1.25 bits per heavy atom. The Morgan fingerprint density at radius 3 is 1.84 bits per heavy atom. The molecule has 0 aliphatic carbocycles. The van der Waals surface area contributed by atoms with E-state index in [0.29, 0.717) is 108 Å². The number of amides is 3. The standard InChI is InChI=1S/C48H47N7O8/c1-59-42-19-38-40(50-23-36-17-29-6-3-4-7-31(29)25-54(36)47(38)57)21-44(42)62-27-34-8-5-9-35(52-34)28-63-45-22-41-39(20-43(45)60-2)48(58)55-26-32-16-33(53-46(56)12-14-61-15-13-49)11-10-30(32)18-37(55)24-51-41/h3-11,16,19-24,36-37H,12-15,17-18,25-28,49H2,1-2H3,(H,53,56)/t36-,37?/m0/s1. The molecule has 1 aromatic heterocycles. The topological polar surface area (TPSA) is 180 Å². The van der Waals surface area contributed by atoms with Gasteiger partial charge in [-0.1, -0.05) is 36.4 Å². The van der Waals surface area contributed by atoms with Gasteiger partial charge in [-0.15, -0.1) is 0 Å². The lowest BCUT2D eigenvalue weighted by molar-refractivity contribution is -0.117. The molecule has 0 saturated heterocycles. The van der Waals surface area contributed by atoms with Crippen molar-refractivity contribution >= 4 is 47.2 Å². The number of ether oxygens (including phenoxy) is 5. The summed E-state index contributed by atoms with van der Waals surface area (Å²) < 4.78 is 29.2. The second kappa shape index (κ2) is 18.1. The Hall–Kier alpha value is -7.10. The number of fused-ring (bicyclic) bond motifs is 6. The van der Waals surface area contributed by atoms with Crippen molar-refractivity contribution in [3.63, 3.8) is 0 Å². The van der Waals surface area contributed by atoms with Crippen LogP contribution in [0.3, 0.4) is 0 Å². The molecule has 15 heteroatoms. The highest BCUT2D eigenvalue weighted by molar-refractivity contribution is 6.04. The van der Waals surface area contributed by atoms with Crippen LogP contribution in [0.15, 0.2) is 94.9 Å². The van der Waals surface area contributed by atoms with Crippen molar-refractivity contribution in [3.05, 3.63) is 130 Å². The van der Waals surface area contributed by atoms with E-state index >= 15 is 0 Å². The zero-order valence-electron chi connectivity index (χ0n) is 35.0. The summed E-state index contributed by atoms with van der Waals surface area (Å²) >= 11 is 0. The number of aliphatic imine (C=N–C) groups is 2. The fourth-order valence-corrected chi connectivity index (χ4v) is 8.35. The van der Waals surface area contributed by atoms with Gasteiger partial charge in [-0.05, 0) is 71.5 Å². The molecule has 0 saturated carbocycles. The number of carbonyl (C=O) groups is 3. The van der Waals surface area contributed by atoms with Gasteiger partial charge in [-0.25, -0.2) is 0 Å². The number of hydrogen-bond acceptors (Lipinski definition) is 12. The molecule has 2 atom stereocenters. The monoisotopic (exact) mass is 849 g/mol. The molecule has 5 heterocycles. The van der Waals surface area contributed by atoms with Crippen LogP contribution in [0.5, 0.6) is 23.0 Å². The van der Waals surface area contributed by atoms with E-state index in [9.17, 15) is 14.4 Å². The number of anilines is 1. The van der Waals surface area contributed by atoms with Crippen LogP contribution in [-0.2, 0) is 48.7 Å². The van der Waals surface area contributed by atoms with E-state index < -0.39 is 0 Å². The lowest BCUT2D eigenvalue weighted by atomic mass is 9.93. The first-order chi connectivity index (χ1) is 30.8. The molecular weight excluding hydrogens is 803 g/mol. The summed E-state index contributed by atoms with van der Waals surface area (Å²) in [6.07, 6.45) is 5.14. The Bertz CT molecular complexity index is 2650. The Labute approximate surface area is 364 Å². The second-order valence-corrected chi connectivity index (χ2v) is 15.7. The van der Waals surface area contributed by atoms with Crippen LogP contribution >= 0.6 is 0 Å². The van der Waals surface area contributed by atoms with Gasteiger partial charge >= 0.3 is 0 Å². The van der Waals surface area contributed by atoms with Crippen LogP contribution in [0.4, 0.5) is 17.1 Å². The number of methoxy groups -OCH3 is 2. The zero-order valence-corrected chi connectivity index (χ0v) is 35.0. The van der Waals surface area contributed by atoms with Crippen LogP contribution in [-0.4, -0.2) is 91.0 Å². The average Bonchev–Trinajstić information content (AvgIpc) is 3.52. The quantitative estimate of drug-likeness (QED) is 0.124. The number of hydrogen-bond donors (Lipinski definition) is 2. The Balaban J connectivity index is 0.856. The predicted molar refractivity (Wildman–Crippen MR) is 236 cm³/mol. The number of benzene rings is 4. The Morgan fingerprint density at radius 1 is 0.683 bits per heavy atom. The van der Waals surface area contributed by atoms with Crippen molar-refractivity contribution in [1.29, 1.82) is 0 Å². The van der Waals surface area contributed by atoms with Crippen molar-refractivity contribution < 1.29 is 38.1 Å². The number of rotatable bonds is 14. The van der Waals surface area contributed by atoms with Crippen molar-refractivity contribution in [3.8, 4) is 23.0 Å². The number of carbonyl (C=O) groups excluding carboxylic acids is 3. The van der Waals surface area contributed by atoms with E-state index in [-0.39, 0.29) is 49.4 Å². The molecular formula is C48H47N7O8. The highest BCUT2D eigenvalue weighted by Gasteiger charge is 2.35. The van der Waals surface area contributed by atoms with E-state index in [0.717, 1.165) is 16.7 Å². The molecule has 0 spiro atoms. The minimum absolute atomic E-state index is 0.102. The third kappa shape index (κ3) is 8.70. The van der Waals surface area contributed by atoms with E-state index in [1.54, 1.807) is 42.5 Å². The maximum Gasteiger partial charge on any atom is 0.257 e. The van der Waals surface area contributed by atoms with Gasteiger partial charge < -0.3 is 44.5 Å². The maximum absolute atomic E-state index is 14.1. The molecule has 0 radical (unpaired) electrons. The van der Waals surface area contributed by atoms with E-state index in [1.807, 2.05) is 59.6 Å². The third-order valence-electron chi connectivity index (χ3n) is 11.6. The first-order valence-electron chi connectivity index (χ1n) is 20.9. The minimum Gasteiger partial charge on any atom is -0.493 e. The van der Waals surface area contributed by atoms with Crippen LogP contribution in [0.2, 0.25) is 0 Å². The molecule has 4 aliphatic heterocycles. The first-order valence-corrected chi connectivity index (χ1v) is 20.9.